The second kappa shape index (κ2) is 11.3. The summed E-state index contributed by atoms with van der Waals surface area (Å²) >= 11 is 0. The third-order valence-corrected chi connectivity index (χ3v) is 5.35. The Hall–Kier alpha value is -3.22. The summed E-state index contributed by atoms with van der Waals surface area (Å²) in [5.74, 6) is 0.367. The molecule has 0 saturated carbocycles. The predicted molar refractivity (Wildman–Crippen MR) is 131 cm³/mol. The lowest BCUT2D eigenvalue weighted by Gasteiger charge is -2.29. The minimum absolute atomic E-state index is 0.134. The molecule has 7 heteroatoms. The van der Waals surface area contributed by atoms with E-state index in [0.29, 0.717) is 13.0 Å². The number of hydrogen-bond donors (Lipinski definition) is 2. The average molecular weight is 472 g/mol. The van der Waals surface area contributed by atoms with E-state index in [9.17, 15) is 14.7 Å². The van der Waals surface area contributed by atoms with Crippen LogP contribution >= 0.6 is 0 Å². The van der Waals surface area contributed by atoms with Gasteiger partial charge in [0.15, 0.2) is 0 Å². The number of alkyl carbamates (subject to hydrolysis) is 1. The minimum Gasteiger partial charge on any atom is -0.508 e. The van der Waals surface area contributed by atoms with E-state index in [1.807, 2.05) is 58.0 Å². The number of hydrogen-bond acceptors (Lipinski definition) is 6. The summed E-state index contributed by atoms with van der Waals surface area (Å²) in [7, 11) is 0. The van der Waals surface area contributed by atoms with Crippen molar-refractivity contribution in [1.29, 1.82) is 0 Å². The van der Waals surface area contributed by atoms with Gasteiger partial charge in [-0.2, -0.15) is 0 Å². The van der Waals surface area contributed by atoms with Crippen molar-refractivity contribution in [3.8, 4) is 11.5 Å². The number of rotatable bonds is 9. The number of carbonyl (C=O) groups excluding carboxylic acids is 2. The van der Waals surface area contributed by atoms with Gasteiger partial charge in [0.25, 0.3) is 0 Å². The Morgan fingerprint density at radius 2 is 1.68 bits per heavy atom. The van der Waals surface area contributed by atoms with Crippen LogP contribution in [0.3, 0.4) is 0 Å². The Kier molecular flexibility index (Phi) is 8.96. The van der Waals surface area contributed by atoms with Gasteiger partial charge in [0, 0.05) is 5.56 Å². The molecule has 0 bridgehead atoms. The number of aryl methyl sites for hydroxylation is 1. The molecule has 0 spiro atoms. The molecule has 0 aliphatic heterocycles. The highest BCUT2D eigenvalue weighted by molar-refractivity contribution is 5.78. The maximum atomic E-state index is 12.0. The lowest BCUT2D eigenvalue weighted by Crippen LogP contribution is -2.36. The number of aromatic hydroxyl groups is 1. The van der Waals surface area contributed by atoms with Gasteiger partial charge in [0.05, 0.1) is 6.61 Å². The van der Waals surface area contributed by atoms with E-state index in [2.05, 4.69) is 5.32 Å². The van der Waals surface area contributed by atoms with Crippen LogP contribution in [0.25, 0.3) is 0 Å². The SMILES string of the molecule is Cc1cc(O)c(C(C)(C)CCOC(=O)CNC(=O)OC(C)(C)C)c(C)c1OCc1ccccc1. The fraction of sp³-hybridized carbons (Fsp3) is 0.481. The van der Waals surface area contributed by atoms with Gasteiger partial charge >= 0.3 is 12.1 Å². The normalized spacial score (nSPS) is 11.6. The molecule has 2 aromatic rings. The zero-order chi connectivity index (χ0) is 25.5. The number of amides is 1. The van der Waals surface area contributed by atoms with Gasteiger partial charge in [0.1, 0.15) is 30.3 Å². The third-order valence-electron chi connectivity index (χ3n) is 5.35. The van der Waals surface area contributed by atoms with Crippen molar-refractivity contribution in [3.05, 3.63) is 58.7 Å². The van der Waals surface area contributed by atoms with Crippen molar-refractivity contribution in [2.75, 3.05) is 13.2 Å². The molecule has 7 nitrogen and oxygen atoms in total. The van der Waals surface area contributed by atoms with Crippen molar-refractivity contribution in [2.24, 2.45) is 0 Å². The van der Waals surface area contributed by atoms with Crippen LogP contribution in [0.15, 0.2) is 36.4 Å². The van der Waals surface area contributed by atoms with Crippen LogP contribution < -0.4 is 10.1 Å². The second-order valence-corrected chi connectivity index (χ2v) is 10.0. The first kappa shape index (κ1) is 27.0. The smallest absolute Gasteiger partial charge is 0.408 e. The number of carbonyl (C=O) groups is 2. The zero-order valence-corrected chi connectivity index (χ0v) is 21.3. The minimum atomic E-state index is -0.673. The van der Waals surface area contributed by atoms with Crippen molar-refractivity contribution < 1.29 is 28.9 Å². The van der Waals surface area contributed by atoms with E-state index in [0.717, 1.165) is 28.0 Å². The summed E-state index contributed by atoms with van der Waals surface area (Å²) in [6.07, 6.45) is -0.200. The van der Waals surface area contributed by atoms with Crippen LogP contribution in [0, 0.1) is 13.8 Å². The van der Waals surface area contributed by atoms with Crippen LogP contribution in [-0.4, -0.2) is 35.9 Å². The molecule has 2 aromatic carbocycles. The van der Waals surface area contributed by atoms with E-state index in [1.54, 1.807) is 26.8 Å². The number of nitrogens with one attached hydrogen (secondary N) is 1. The first-order valence-electron chi connectivity index (χ1n) is 11.4. The van der Waals surface area contributed by atoms with Gasteiger partial charge in [-0.15, -0.1) is 0 Å². The molecule has 0 atom stereocenters. The molecule has 0 fully saturated rings. The zero-order valence-electron chi connectivity index (χ0n) is 21.3. The number of phenols is 1. The maximum absolute atomic E-state index is 12.0. The molecule has 0 radical (unpaired) electrons. The number of benzene rings is 2. The summed E-state index contributed by atoms with van der Waals surface area (Å²) in [4.78, 5) is 23.7. The number of phenolic OH excluding ortho intramolecular Hbond substituents is 1. The van der Waals surface area contributed by atoms with Gasteiger partial charge in [-0.25, -0.2) is 4.79 Å². The van der Waals surface area contributed by atoms with Crippen LogP contribution in [0.2, 0.25) is 0 Å². The number of esters is 1. The van der Waals surface area contributed by atoms with Crippen LogP contribution in [0.5, 0.6) is 11.5 Å². The summed E-state index contributed by atoms with van der Waals surface area (Å²) in [6.45, 7) is 13.3. The first-order valence-corrected chi connectivity index (χ1v) is 11.4. The fourth-order valence-corrected chi connectivity index (χ4v) is 3.80. The molecular weight excluding hydrogens is 434 g/mol. The van der Waals surface area contributed by atoms with Gasteiger partial charge in [-0.1, -0.05) is 44.2 Å². The van der Waals surface area contributed by atoms with E-state index >= 15 is 0 Å². The third kappa shape index (κ3) is 7.97. The first-order chi connectivity index (χ1) is 15.8. The van der Waals surface area contributed by atoms with Gasteiger partial charge in [0.2, 0.25) is 0 Å². The average Bonchev–Trinajstić information content (AvgIpc) is 2.71. The summed E-state index contributed by atoms with van der Waals surface area (Å²) in [6, 6.07) is 11.6. The Labute approximate surface area is 202 Å². The molecule has 186 valence electrons. The van der Waals surface area contributed by atoms with E-state index in [-0.39, 0.29) is 18.9 Å². The van der Waals surface area contributed by atoms with Crippen molar-refractivity contribution in [2.45, 2.75) is 72.5 Å². The summed E-state index contributed by atoms with van der Waals surface area (Å²) < 4.78 is 16.5. The van der Waals surface area contributed by atoms with Gasteiger partial charge < -0.3 is 24.6 Å². The Morgan fingerprint density at radius 3 is 2.29 bits per heavy atom. The highest BCUT2D eigenvalue weighted by Crippen LogP contribution is 2.42. The largest absolute Gasteiger partial charge is 0.508 e. The molecule has 0 aliphatic rings. The molecule has 0 aliphatic carbocycles. The molecular formula is C27H37NO6. The molecule has 0 heterocycles. The van der Waals surface area contributed by atoms with Crippen LogP contribution in [0.1, 0.15) is 63.3 Å². The lowest BCUT2D eigenvalue weighted by atomic mass is 9.78. The van der Waals surface area contributed by atoms with Gasteiger partial charge in [-0.3, -0.25) is 4.79 Å². The highest BCUT2D eigenvalue weighted by atomic mass is 16.6. The monoisotopic (exact) mass is 471 g/mol. The Bertz CT molecular complexity index is 992. The lowest BCUT2D eigenvalue weighted by molar-refractivity contribution is -0.142. The quantitative estimate of drug-likeness (QED) is 0.481. The van der Waals surface area contributed by atoms with Crippen LogP contribution in [0.4, 0.5) is 4.79 Å². The fourth-order valence-electron chi connectivity index (χ4n) is 3.80. The predicted octanol–water partition coefficient (Wildman–Crippen LogP) is 5.32. The van der Waals surface area contributed by atoms with E-state index in [1.165, 1.54) is 0 Å². The van der Waals surface area contributed by atoms with Crippen molar-refractivity contribution >= 4 is 12.1 Å². The topological polar surface area (TPSA) is 94.1 Å². The second-order valence-electron chi connectivity index (χ2n) is 10.0. The molecule has 0 aromatic heterocycles. The highest BCUT2D eigenvalue weighted by Gasteiger charge is 2.29. The Morgan fingerprint density at radius 1 is 1.03 bits per heavy atom. The standard InChI is InChI=1S/C27H37NO6/c1-18-15-21(29)23(19(2)24(18)33-17-20-11-9-8-10-12-20)27(6,7)13-14-32-22(30)16-28-25(31)34-26(3,4)5/h8-12,15,29H,13-14,16-17H2,1-7H3,(H,28,31). The summed E-state index contributed by atoms with van der Waals surface area (Å²) in [5.41, 5.74) is 2.38. The Balaban J connectivity index is 2.00. The molecule has 1 amide bonds. The summed E-state index contributed by atoms with van der Waals surface area (Å²) in [5, 5.41) is 13.1. The van der Waals surface area contributed by atoms with E-state index < -0.39 is 23.1 Å². The molecule has 0 unspecified atom stereocenters. The molecule has 2 N–H and O–H groups in total. The van der Waals surface area contributed by atoms with Crippen molar-refractivity contribution in [1.82, 2.24) is 5.32 Å². The van der Waals surface area contributed by atoms with Crippen LogP contribution in [-0.2, 0) is 26.3 Å². The number of ether oxygens (including phenoxy) is 3. The maximum Gasteiger partial charge on any atom is 0.408 e. The molecule has 0 saturated heterocycles. The van der Waals surface area contributed by atoms with Crippen molar-refractivity contribution in [3.63, 3.8) is 0 Å². The molecule has 34 heavy (non-hydrogen) atoms. The molecule has 2 rings (SSSR count). The van der Waals surface area contributed by atoms with E-state index in [4.69, 9.17) is 14.2 Å². The van der Waals surface area contributed by atoms with Gasteiger partial charge in [-0.05, 0) is 69.2 Å².